The zero-order valence-corrected chi connectivity index (χ0v) is 21.9. The molecule has 0 aromatic heterocycles. The van der Waals surface area contributed by atoms with E-state index in [1.54, 1.807) is 0 Å². The Hall–Kier alpha value is -0.300. The van der Waals surface area contributed by atoms with E-state index in [1.165, 1.54) is 70.6 Å². The molecular formula is C30H52O. The Bertz CT molecular complexity index is 649. The van der Waals surface area contributed by atoms with E-state index < -0.39 is 0 Å². The predicted molar refractivity (Wildman–Crippen MR) is 133 cm³/mol. The smallest absolute Gasteiger partial charge is 0.0574 e. The fourth-order valence-electron chi connectivity index (χ4n) is 9.35. The first-order valence-electron chi connectivity index (χ1n) is 14.0. The molecule has 1 nitrogen and oxygen atoms in total. The molecule has 0 bridgehead atoms. The van der Waals surface area contributed by atoms with E-state index >= 15 is 0 Å². The van der Waals surface area contributed by atoms with Crippen molar-refractivity contribution < 1.29 is 4.74 Å². The van der Waals surface area contributed by atoms with Crippen molar-refractivity contribution >= 4 is 0 Å². The minimum absolute atomic E-state index is 0.511. The molecule has 0 unspecified atom stereocenters. The van der Waals surface area contributed by atoms with Crippen molar-refractivity contribution in [1.82, 2.24) is 0 Å². The molecule has 178 valence electrons. The van der Waals surface area contributed by atoms with Crippen molar-refractivity contribution in [3.8, 4) is 0 Å². The Kier molecular flexibility index (Phi) is 7.04. The van der Waals surface area contributed by atoms with Gasteiger partial charge in [-0.25, -0.2) is 0 Å². The maximum Gasteiger partial charge on any atom is 0.0574 e. The SMILES string of the molecule is CC[C@@H](CC[C@@H](C)[C@H]1CC[C@H]2C3=CC[C@H]4C[C@@H](OC)CC[C@]4(C)[C@H]3CC[C@]12C)C(C)C. The van der Waals surface area contributed by atoms with Gasteiger partial charge in [0.2, 0.25) is 0 Å². The highest BCUT2D eigenvalue weighted by Crippen LogP contribution is 2.67. The molecule has 31 heavy (non-hydrogen) atoms. The number of hydrogen-bond acceptors (Lipinski definition) is 1. The molecule has 0 saturated heterocycles. The summed E-state index contributed by atoms with van der Waals surface area (Å²) in [5.74, 6) is 6.19. The van der Waals surface area contributed by atoms with Crippen LogP contribution in [0.3, 0.4) is 0 Å². The van der Waals surface area contributed by atoms with Gasteiger partial charge in [0.1, 0.15) is 0 Å². The van der Waals surface area contributed by atoms with Crippen LogP contribution in [0.15, 0.2) is 11.6 Å². The highest BCUT2D eigenvalue weighted by Gasteiger charge is 2.58. The molecule has 0 aromatic carbocycles. The molecule has 9 atom stereocenters. The van der Waals surface area contributed by atoms with Crippen molar-refractivity contribution in [1.29, 1.82) is 0 Å². The Balaban J connectivity index is 1.48. The summed E-state index contributed by atoms with van der Waals surface area (Å²) >= 11 is 0. The van der Waals surface area contributed by atoms with Crippen LogP contribution in [0.5, 0.6) is 0 Å². The molecule has 4 aliphatic carbocycles. The molecule has 0 aromatic rings. The predicted octanol–water partition coefficient (Wildman–Crippen LogP) is 8.68. The molecule has 4 aliphatic rings. The molecule has 0 spiro atoms. The van der Waals surface area contributed by atoms with Crippen LogP contribution in [0, 0.1) is 52.3 Å². The fourth-order valence-corrected chi connectivity index (χ4v) is 9.35. The van der Waals surface area contributed by atoms with E-state index in [-0.39, 0.29) is 0 Å². The molecule has 0 N–H and O–H groups in total. The molecule has 1 heteroatoms. The van der Waals surface area contributed by atoms with Crippen LogP contribution in [-0.4, -0.2) is 13.2 Å². The van der Waals surface area contributed by atoms with E-state index in [2.05, 4.69) is 47.6 Å². The minimum Gasteiger partial charge on any atom is -0.381 e. The summed E-state index contributed by atoms with van der Waals surface area (Å²) < 4.78 is 5.79. The van der Waals surface area contributed by atoms with Gasteiger partial charge < -0.3 is 4.74 Å². The third-order valence-corrected chi connectivity index (χ3v) is 11.6. The third kappa shape index (κ3) is 4.08. The highest BCUT2D eigenvalue weighted by molar-refractivity contribution is 5.27. The average Bonchev–Trinajstić information content (AvgIpc) is 3.10. The summed E-state index contributed by atoms with van der Waals surface area (Å²) in [6, 6.07) is 0. The summed E-state index contributed by atoms with van der Waals surface area (Å²) in [6.07, 6.45) is 18.7. The number of fused-ring (bicyclic) bond motifs is 5. The molecule has 0 heterocycles. The minimum atomic E-state index is 0.511. The number of methoxy groups -OCH3 is 1. The third-order valence-electron chi connectivity index (χ3n) is 11.6. The lowest BCUT2D eigenvalue weighted by Crippen LogP contribution is -2.50. The number of hydrogen-bond donors (Lipinski definition) is 0. The van der Waals surface area contributed by atoms with Gasteiger partial charge in [-0.2, -0.15) is 0 Å². The van der Waals surface area contributed by atoms with Crippen LogP contribution in [-0.2, 0) is 4.74 Å². The fraction of sp³-hybridized carbons (Fsp3) is 0.933. The summed E-state index contributed by atoms with van der Waals surface area (Å²) in [5, 5.41) is 0. The first-order valence-corrected chi connectivity index (χ1v) is 14.0. The Morgan fingerprint density at radius 2 is 1.68 bits per heavy atom. The van der Waals surface area contributed by atoms with Crippen LogP contribution in [0.4, 0.5) is 0 Å². The van der Waals surface area contributed by atoms with Crippen LogP contribution in [0.1, 0.15) is 112 Å². The van der Waals surface area contributed by atoms with Gasteiger partial charge in [0.15, 0.2) is 0 Å². The van der Waals surface area contributed by atoms with Crippen LogP contribution < -0.4 is 0 Å². The lowest BCUT2D eigenvalue weighted by molar-refractivity contribution is -0.0545. The molecule has 0 aliphatic heterocycles. The first kappa shape index (κ1) is 23.8. The topological polar surface area (TPSA) is 9.23 Å². The van der Waals surface area contributed by atoms with E-state index in [9.17, 15) is 0 Å². The zero-order chi connectivity index (χ0) is 22.4. The largest absolute Gasteiger partial charge is 0.381 e. The van der Waals surface area contributed by atoms with E-state index in [4.69, 9.17) is 4.74 Å². The monoisotopic (exact) mass is 428 g/mol. The first-order chi connectivity index (χ1) is 14.7. The maximum atomic E-state index is 5.79. The summed E-state index contributed by atoms with van der Waals surface area (Å²) in [6.45, 7) is 15.2. The second-order valence-corrected chi connectivity index (χ2v) is 13.1. The highest BCUT2D eigenvalue weighted by atomic mass is 16.5. The molecule has 3 saturated carbocycles. The zero-order valence-electron chi connectivity index (χ0n) is 21.9. The van der Waals surface area contributed by atoms with Gasteiger partial charge >= 0.3 is 0 Å². The van der Waals surface area contributed by atoms with Gasteiger partial charge in [0.25, 0.3) is 0 Å². The van der Waals surface area contributed by atoms with E-state index in [0.717, 1.165) is 41.4 Å². The lowest BCUT2D eigenvalue weighted by Gasteiger charge is -2.58. The Morgan fingerprint density at radius 1 is 0.968 bits per heavy atom. The van der Waals surface area contributed by atoms with Gasteiger partial charge in [0, 0.05) is 7.11 Å². The standard InChI is InChI=1S/C30H52O/c1-8-22(20(2)3)10-9-21(4)26-13-14-27-25-12-11-23-19-24(31-7)15-17-29(23,5)28(25)16-18-30(26,27)6/h12,20-24,26-28H,8-11,13-19H2,1-7H3/t21-,22+,23+,24+,26-,27+,28+,29+,30-/m1/s1. The van der Waals surface area contributed by atoms with Crippen LogP contribution in [0.25, 0.3) is 0 Å². The van der Waals surface area contributed by atoms with Crippen molar-refractivity contribution in [3.05, 3.63) is 11.6 Å². The van der Waals surface area contributed by atoms with Gasteiger partial charge in [-0.3, -0.25) is 0 Å². The number of allylic oxidation sites excluding steroid dienone is 2. The van der Waals surface area contributed by atoms with Crippen molar-refractivity contribution in [2.24, 2.45) is 52.3 Å². The number of rotatable bonds is 7. The summed E-state index contributed by atoms with van der Waals surface area (Å²) in [4.78, 5) is 0. The van der Waals surface area contributed by atoms with Crippen molar-refractivity contribution in [2.45, 2.75) is 118 Å². The van der Waals surface area contributed by atoms with E-state index in [1.807, 2.05) is 12.7 Å². The van der Waals surface area contributed by atoms with E-state index in [0.29, 0.717) is 16.9 Å². The quantitative estimate of drug-likeness (QED) is 0.368. The average molecular weight is 429 g/mol. The molecule has 4 rings (SSSR count). The van der Waals surface area contributed by atoms with Gasteiger partial charge in [-0.05, 0) is 110 Å². The van der Waals surface area contributed by atoms with Crippen molar-refractivity contribution in [2.75, 3.05) is 7.11 Å². The van der Waals surface area contributed by atoms with Crippen molar-refractivity contribution in [3.63, 3.8) is 0 Å². The van der Waals surface area contributed by atoms with Crippen LogP contribution >= 0.6 is 0 Å². The molecule has 3 fully saturated rings. The number of ether oxygens (including phenoxy) is 1. The van der Waals surface area contributed by atoms with Gasteiger partial charge in [-0.1, -0.05) is 66.0 Å². The maximum absolute atomic E-state index is 5.79. The van der Waals surface area contributed by atoms with Gasteiger partial charge in [-0.15, -0.1) is 0 Å². The second kappa shape index (κ2) is 9.15. The lowest BCUT2D eigenvalue weighted by atomic mass is 9.47. The normalized spacial score (nSPS) is 44.3. The molecule has 0 amide bonds. The second-order valence-electron chi connectivity index (χ2n) is 13.1. The molecule has 0 radical (unpaired) electrons. The van der Waals surface area contributed by atoms with Gasteiger partial charge in [0.05, 0.1) is 6.10 Å². The summed E-state index contributed by atoms with van der Waals surface area (Å²) in [7, 11) is 1.92. The Labute approximate surface area is 194 Å². The Morgan fingerprint density at radius 3 is 2.35 bits per heavy atom. The van der Waals surface area contributed by atoms with Crippen LogP contribution in [0.2, 0.25) is 0 Å². The molecular weight excluding hydrogens is 376 g/mol. The summed E-state index contributed by atoms with van der Waals surface area (Å²) in [5.41, 5.74) is 3.02.